The van der Waals surface area contributed by atoms with Crippen molar-refractivity contribution in [3.63, 3.8) is 0 Å². The molecule has 1 amide bonds. The van der Waals surface area contributed by atoms with Crippen molar-refractivity contribution in [2.24, 2.45) is 0 Å². The van der Waals surface area contributed by atoms with Crippen molar-refractivity contribution >= 4 is 61.4 Å². The highest BCUT2D eigenvalue weighted by Gasteiger charge is 2.35. The molecule has 0 spiro atoms. The second-order valence-corrected chi connectivity index (χ2v) is 15.7. The molecular formula is C40H30Cl2F6N6O4S. The lowest BCUT2D eigenvalue weighted by molar-refractivity contribution is -0.138. The van der Waals surface area contributed by atoms with Crippen LogP contribution >= 0.6 is 23.2 Å². The third kappa shape index (κ3) is 8.31. The molecule has 306 valence electrons. The average Bonchev–Trinajstić information content (AvgIpc) is 3.74. The number of nitrogens with zero attached hydrogens (tertiary/aromatic N) is 5. The maximum atomic E-state index is 13.6. The first-order valence-electron chi connectivity index (χ1n) is 17.8. The number of hydrogen-bond donors (Lipinski definition) is 1. The average molecular weight is 876 g/mol. The number of pyridine rings is 1. The van der Waals surface area contributed by atoms with Gasteiger partial charge in [0.2, 0.25) is 0 Å². The number of rotatable bonds is 10. The largest absolute Gasteiger partial charge is 0.448 e. The van der Waals surface area contributed by atoms with Crippen molar-refractivity contribution in [2.75, 3.05) is 6.61 Å². The van der Waals surface area contributed by atoms with Crippen LogP contribution < -0.4 is 4.72 Å². The number of carbonyl (C=O) groups is 1. The van der Waals surface area contributed by atoms with Gasteiger partial charge in [-0.05, 0) is 71.8 Å². The summed E-state index contributed by atoms with van der Waals surface area (Å²) >= 11 is 12.2. The SMILES string of the molecule is CCc1nc2cc(C(F)(F)F)c(Cl)cc2n1-c1ccc(C(COC(=O)NS(=O)(=O)c2cccnc2)c2ccc(-n3c(CC)nc4cc(C(F)(F)F)c(Cl)cc43)cc2)cc1. The Labute approximate surface area is 342 Å². The summed E-state index contributed by atoms with van der Waals surface area (Å²) in [4.78, 5) is 25.3. The monoisotopic (exact) mass is 874 g/mol. The van der Waals surface area contributed by atoms with Crippen LogP contribution in [0.3, 0.4) is 0 Å². The molecule has 7 rings (SSSR count). The molecule has 3 heterocycles. The van der Waals surface area contributed by atoms with Crippen LogP contribution in [-0.4, -0.2) is 45.2 Å². The zero-order chi connectivity index (χ0) is 42.4. The van der Waals surface area contributed by atoms with Crippen LogP contribution in [0.2, 0.25) is 10.0 Å². The molecule has 0 fully saturated rings. The second kappa shape index (κ2) is 15.8. The number of benzene rings is 4. The van der Waals surface area contributed by atoms with E-state index in [-0.39, 0.29) is 22.5 Å². The highest BCUT2D eigenvalue weighted by Crippen LogP contribution is 2.40. The van der Waals surface area contributed by atoms with Crippen LogP contribution in [0, 0.1) is 0 Å². The number of aryl methyl sites for hydroxylation is 2. The molecule has 0 saturated heterocycles. The van der Waals surface area contributed by atoms with Crippen molar-refractivity contribution in [1.82, 2.24) is 28.8 Å². The molecule has 0 radical (unpaired) electrons. The number of nitrogens with one attached hydrogen (secondary N) is 1. The molecule has 0 aliphatic carbocycles. The Kier molecular flexibility index (Phi) is 11.1. The van der Waals surface area contributed by atoms with Gasteiger partial charge in [0.15, 0.2) is 0 Å². The summed E-state index contributed by atoms with van der Waals surface area (Å²) in [6.45, 7) is 3.25. The number of fused-ring (bicyclic) bond motifs is 2. The van der Waals surface area contributed by atoms with Gasteiger partial charge in [0.25, 0.3) is 10.0 Å². The van der Waals surface area contributed by atoms with Crippen molar-refractivity contribution in [3.8, 4) is 11.4 Å². The van der Waals surface area contributed by atoms with E-state index in [0.717, 1.165) is 18.3 Å². The summed E-state index contributed by atoms with van der Waals surface area (Å²) in [5, 5.41) is -0.974. The number of aromatic nitrogens is 5. The van der Waals surface area contributed by atoms with Gasteiger partial charge in [-0.25, -0.2) is 27.9 Å². The summed E-state index contributed by atoms with van der Waals surface area (Å²) in [6, 6.07) is 20.6. The number of halogens is 8. The molecule has 19 heteroatoms. The number of amides is 1. The van der Waals surface area contributed by atoms with Gasteiger partial charge in [0.1, 0.15) is 23.2 Å². The van der Waals surface area contributed by atoms with E-state index in [1.54, 1.807) is 71.5 Å². The highest BCUT2D eigenvalue weighted by atomic mass is 35.5. The van der Waals surface area contributed by atoms with Crippen molar-refractivity contribution in [1.29, 1.82) is 0 Å². The fourth-order valence-corrected chi connectivity index (χ4v) is 8.12. The predicted molar refractivity (Wildman–Crippen MR) is 209 cm³/mol. The lowest BCUT2D eigenvalue weighted by atomic mass is 9.91. The summed E-state index contributed by atoms with van der Waals surface area (Å²) in [7, 11) is -4.32. The number of imidazole rings is 2. The Bertz CT molecular complexity index is 2660. The molecule has 0 bridgehead atoms. The molecule has 0 saturated carbocycles. The Morgan fingerprint density at radius 1 is 0.746 bits per heavy atom. The first-order chi connectivity index (χ1) is 27.9. The molecule has 1 N–H and O–H groups in total. The predicted octanol–water partition coefficient (Wildman–Crippen LogP) is 10.5. The quantitative estimate of drug-likeness (QED) is 0.136. The van der Waals surface area contributed by atoms with Crippen LogP contribution in [0.4, 0.5) is 31.1 Å². The lowest BCUT2D eigenvalue weighted by Gasteiger charge is -2.20. The molecule has 7 aromatic rings. The van der Waals surface area contributed by atoms with Gasteiger partial charge in [-0.15, -0.1) is 0 Å². The summed E-state index contributed by atoms with van der Waals surface area (Å²) in [5.41, 5.74) is 1.17. The molecule has 59 heavy (non-hydrogen) atoms. The van der Waals surface area contributed by atoms with Crippen molar-refractivity contribution < 1.29 is 44.3 Å². The topological polar surface area (TPSA) is 121 Å². The molecule has 3 aromatic heterocycles. The van der Waals surface area contributed by atoms with E-state index in [9.17, 15) is 39.6 Å². The standard InChI is InChI=1S/C40H30Cl2F6N6O4S/c1-3-36-50-32-16-28(39(43,44)45)30(41)18-34(32)53(36)24-11-7-22(8-12-24)27(21-58-38(55)52-59(56,57)26-6-5-15-49-20-26)23-9-13-25(14-10-23)54-35-19-31(42)29(40(46,47)48)17-33(35)51-37(54)4-2/h5-20,27H,3-4,21H2,1-2H3,(H,52,55). The lowest BCUT2D eigenvalue weighted by Crippen LogP contribution is -2.32. The summed E-state index contributed by atoms with van der Waals surface area (Å²) in [6.07, 6.45) is -7.45. The van der Waals surface area contributed by atoms with Gasteiger partial charge in [-0.3, -0.25) is 14.1 Å². The molecule has 0 atom stereocenters. The number of hydrogen-bond acceptors (Lipinski definition) is 7. The summed E-state index contributed by atoms with van der Waals surface area (Å²) in [5.74, 6) is 0.229. The van der Waals surface area contributed by atoms with E-state index in [1.165, 1.54) is 30.5 Å². The molecule has 0 aliphatic rings. The van der Waals surface area contributed by atoms with Crippen LogP contribution in [0.25, 0.3) is 33.4 Å². The molecule has 10 nitrogen and oxygen atoms in total. The zero-order valence-corrected chi connectivity index (χ0v) is 33.1. The highest BCUT2D eigenvalue weighted by molar-refractivity contribution is 7.90. The van der Waals surface area contributed by atoms with Gasteiger partial charge < -0.3 is 4.74 Å². The van der Waals surface area contributed by atoms with E-state index in [2.05, 4.69) is 15.0 Å². The van der Waals surface area contributed by atoms with Crippen molar-refractivity contribution in [3.05, 3.63) is 141 Å². The Hall–Kier alpha value is -5.65. The molecule has 0 unspecified atom stereocenters. The van der Waals surface area contributed by atoms with Crippen molar-refractivity contribution in [2.45, 2.75) is 49.9 Å². The van der Waals surface area contributed by atoms with Crippen LogP contribution in [0.15, 0.2) is 102 Å². The van der Waals surface area contributed by atoms with E-state index in [1.807, 2.05) is 4.72 Å². The van der Waals surface area contributed by atoms with E-state index in [4.69, 9.17) is 27.9 Å². The minimum absolute atomic E-state index is 0.0984. The van der Waals surface area contributed by atoms with Gasteiger partial charge in [0, 0.05) is 42.5 Å². The maximum Gasteiger partial charge on any atom is 0.421 e. The summed E-state index contributed by atoms with van der Waals surface area (Å²) < 4.78 is 118. The second-order valence-electron chi connectivity index (χ2n) is 13.2. The fraction of sp³-hybridized carbons (Fsp3) is 0.200. The molecule has 0 aliphatic heterocycles. The Morgan fingerprint density at radius 3 is 1.59 bits per heavy atom. The third-order valence-corrected chi connectivity index (χ3v) is 11.4. The minimum atomic E-state index is -4.68. The van der Waals surface area contributed by atoms with E-state index < -0.39 is 55.6 Å². The minimum Gasteiger partial charge on any atom is -0.448 e. The van der Waals surface area contributed by atoms with Gasteiger partial charge in [-0.2, -0.15) is 26.3 Å². The smallest absolute Gasteiger partial charge is 0.421 e. The van der Waals surface area contributed by atoms with Gasteiger partial charge in [0.05, 0.1) is 43.2 Å². The molecular weight excluding hydrogens is 845 g/mol. The Morgan fingerprint density at radius 2 is 1.20 bits per heavy atom. The first kappa shape index (κ1) is 41.5. The number of ether oxygens (including phenoxy) is 1. The van der Waals surface area contributed by atoms with E-state index in [0.29, 0.717) is 58.0 Å². The van der Waals surface area contributed by atoms with Crippen LogP contribution in [-0.2, 0) is 40.0 Å². The Balaban J connectivity index is 1.25. The third-order valence-electron chi connectivity index (χ3n) is 9.52. The first-order valence-corrected chi connectivity index (χ1v) is 20.0. The maximum absolute atomic E-state index is 13.6. The fourth-order valence-electron chi connectivity index (χ4n) is 6.74. The van der Waals surface area contributed by atoms with E-state index >= 15 is 0 Å². The number of alkyl halides is 6. The normalized spacial score (nSPS) is 12.5. The van der Waals surface area contributed by atoms with Gasteiger partial charge >= 0.3 is 18.4 Å². The number of sulfonamides is 1. The van der Waals surface area contributed by atoms with Crippen LogP contribution in [0.5, 0.6) is 0 Å². The van der Waals surface area contributed by atoms with Gasteiger partial charge in [-0.1, -0.05) is 61.3 Å². The zero-order valence-electron chi connectivity index (χ0n) is 30.7. The number of carbonyl (C=O) groups excluding carboxylic acids is 1. The molecule has 4 aromatic carbocycles. The van der Waals surface area contributed by atoms with Crippen LogP contribution in [0.1, 0.15) is 53.7 Å².